The van der Waals surface area contributed by atoms with Crippen LogP contribution in [-0.2, 0) is 32.2 Å². The van der Waals surface area contributed by atoms with E-state index in [-0.39, 0.29) is 18.0 Å². The van der Waals surface area contributed by atoms with Crippen molar-refractivity contribution in [2.45, 2.75) is 37.1 Å². The van der Waals surface area contributed by atoms with Gasteiger partial charge >= 0.3 is 0 Å². The minimum Gasteiger partial charge on any atom is -0.508 e. The molecule has 0 aromatic heterocycles. The number of fused-ring (bicyclic) bond motifs is 2. The molecule has 5 rings (SSSR count). The van der Waals surface area contributed by atoms with Gasteiger partial charge in [0.25, 0.3) is 0 Å². The number of benzene rings is 3. The Morgan fingerprint density at radius 3 is 2.19 bits per heavy atom. The molecule has 2 aliphatic heterocycles. The molecule has 3 aromatic rings. The summed E-state index contributed by atoms with van der Waals surface area (Å²) in [6, 6.07) is 27.4. The van der Waals surface area contributed by atoms with Crippen molar-refractivity contribution >= 4 is 0 Å². The van der Waals surface area contributed by atoms with Gasteiger partial charge in [0.05, 0.1) is 26.4 Å². The third-order valence-electron chi connectivity index (χ3n) is 5.97. The van der Waals surface area contributed by atoms with E-state index in [1.165, 1.54) is 0 Å². The van der Waals surface area contributed by atoms with E-state index in [1.54, 1.807) is 12.1 Å². The van der Waals surface area contributed by atoms with Gasteiger partial charge in [0.15, 0.2) is 0 Å². The van der Waals surface area contributed by atoms with Crippen LogP contribution in [0.4, 0.5) is 0 Å². The highest BCUT2D eigenvalue weighted by Crippen LogP contribution is 2.50. The SMILES string of the molecule is Oc1ccccc1[C@@H]1O[C@@]2(COCc3ccccc3)CO[C@H]1C2OCc1ccccc1. The second-order valence-electron chi connectivity index (χ2n) is 8.13. The maximum absolute atomic E-state index is 10.4. The van der Waals surface area contributed by atoms with Crippen LogP contribution < -0.4 is 0 Å². The predicted molar refractivity (Wildman–Crippen MR) is 116 cm³/mol. The Hall–Kier alpha value is -2.70. The van der Waals surface area contributed by atoms with E-state index in [0.29, 0.717) is 32.0 Å². The maximum Gasteiger partial charge on any atom is 0.144 e. The zero-order valence-electron chi connectivity index (χ0n) is 17.2. The molecule has 2 saturated heterocycles. The first-order valence-electron chi connectivity index (χ1n) is 10.6. The lowest BCUT2D eigenvalue weighted by molar-refractivity contribution is -0.176. The molecule has 2 bridgehead atoms. The standard InChI is InChI=1S/C26H26O5/c27-22-14-8-7-13-21(22)23-24-25(29-16-20-11-5-2-6-12-20)26(31-23,18-30-24)17-28-15-19-9-3-1-4-10-19/h1-14,23-25,27H,15-18H2/t23-,24+,25?,26-/m0/s1. The number of aromatic hydroxyl groups is 1. The van der Waals surface area contributed by atoms with Crippen LogP contribution in [0.1, 0.15) is 22.8 Å². The van der Waals surface area contributed by atoms with Crippen LogP contribution in [0, 0.1) is 0 Å². The van der Waals surface area contributed by atoms with Gasteiger partial charge in [-0.3, -0.25) is 0 Å². The highest BCUT2D eigenvalue weighted by molar-refractivity contribution is 5.36. The molecule has 0 amide bonds. The maximum atomic E-state index is 10.4. The zero-order valence-corrected chi connectivity index (χ0v) is 17.2. The number of phenols is 1. The summed E-state index contributed by atoms with van der Waals surface area (Å²) in [7, 11) is 0. The predicted octanol–water partition coefficient (Wildman–Crippen LogP) is 4.40. The van der Waals surface area contributed by atoms with Gasteiger partial charge in [-0.15, -0.1) is 0 Å². The number of hydrogen-bond acceptors (Lipinski definition) is 5. The fraction of sp³-hybridized carbons (Fsp3) is 0.308. The Labute approximate surface area is 182 Å². The normalized spacial score (nSPS) is 26.9. The van der Waals surface area contributed by atoms with Crippen molar-refractivity contribution in [2.75, 3.05) is 13.2 Å². The molecule has 2 fully saturated rings. The molecule has 3 aromatic carbocycles. The quantitative estimate of drug-likeness (QED) is 0.588. The van der Waals surface area contributed by atoms with Crippen molar-refractivity contribution in [2.24, 2.45) is 0 Å². The largest absolute Gasteiger partial charge is 0.508 e. The molecule has 0 saturated carbocycles. The van der Waals surface area contributed by atoms with Crippen molar-refractivity contribution in [1.29, 1.82) is 0 Å². The van der Waals surface area contributed by atoms with Crippen LogP contribution in [0.15, 0.2) is 84.9 Å². The van der Waals surface area contributed by atoms with E-state index in [4.69, 9.17) is 18.9 Å². The lowest BCUT2D eigenvalue weighted by atomic mass is 9.97. The minimum atomic E-state index is -0.721. The lowest BCUT2D eigenvalue weighted by Gasteiger charge is -2.31. The highest BCUT2D eigenvalue weighted by atomic mass is 16.7. The Bertz CT molecular complexity index is 993. The van der Waals surface area contributed by atoms with E-state index in [0.717, 1.165) is 11.1 Å². The monoisotopic (exact) mass is 418 g/mol. The number of hydrogen-bond donors (Lipinski definition) is 1. The number of ether oxygens (including phenoxy) is 4. The smallest absolute Gasteiger partial charge is 0.144 e. The molecule has 1 N–H and O–H groups in total. The summed E-state index contributed by atoms with van der Waals surface area (Å²) < 4.78 is 25.1. The van der Waals surface area contributed by atoms with Crippen LogP contribution in [0.2, 0.25) is 0 Å². The first-order valence-corrected chi connectivity index (χ1v) is 10.6. The molecule has 1 unspecified atom stereocenters. The van der Waals surface area contributed by atoms with Gasteiger partial charge in [-0.2, -0.15) is 0 Å². The van der Waals surface area contributed by atoms with Crippen molar-refractivity contribution < 1.29 is 24.1 Å². The summed E-state index contributed by atoms with van der Waals surface area (Å²) in [6.07, 6.45) is -1.01. The summed E-state index contributed by atoms with van der Waals surface area (Å²) in [5.74, 6) is 0.200. The van der Waals surface area contributed by atoms with Gasteiger partial charge in [-0.25, -0.2) is 0 Å². The highest BCUT2D eigenvalue weighted by Gasteiger charge is 2.63. The van der Waals surface area contributed by atoms with Gasteiger partial charge in [0.1, 0.15) is 29.7 Å². The van der Waals surface area contributed by atoms with Gasteiger partial charge in [0.2, 0.25) is 0 Å². The molecular formula is C26H26O5. The lowest BCUT2D eigenvalue weighted by Crippen LogP contribution is -2.46. The molecule has 160 valence electrons. The average Bonchev–Trinajstić information content (AvgIpc) is 3.31. The van der Waals surface area contributed by atoms with Gasteiger partial charge in [0, 0.05) is 5.56 Å². The molecule has 2 heterocycles. The third-order valence-corrected chi connectivity index (χ3v) is 5.97. The van der Waals surface area contributed by atoms with E-state index in [9.17, 15) is 5.11 Å². The van der Waals surface area contributed by atoms with E-state index in [1.807, 2.05) is 72.8 Å². The van der Waals surface area contributed by atoms with Crippen molar-refractivity contribution in [3.05, 3.63) is 102 Å². The molecule has 4 atom stereocenters. The topological polar surface area (TPSA) is 57.2 Å². The summed E-state index contributed by atoms with van der Waals surface area (Å²) in [6.45, 7) is 1.70. The van der Waals surface area contributed by atoms with E-state index in [2.05, 4.69) is 0 Å². The van der Waals surface area contributed by atoms with Crippen molar-refractivity contribution in [1.82, 2.24) is 0 Å². The molecule has 0 spiro atoms. The van der Waals surface area contributed by atoms with E-state index < -0.39 is 11.7 Å². The molecule has 0 radical (unpaired) electrons. The fourth-order valence-corrected chi connectivity index (χ4v) is 4.42. The molecule has 5 nitrogen and oxygen atoms in total. The zero-order chi connectivity index (χ0) is 21.1. The second kappa shape index (κ2) is 8.81. The van der Waals surface area contributed by atoms with Crippen molar-refractivity contribution in [3.63, 3.8) is 0 Å². The Kier molecular flexibility index (Phi) is 5.74. The molecule has 5 heteroatoms. The summed E-state index contributed by atoms with van der Waals surface area (Å²) in [5, 5.41) is 10.4. The van der Waals surface area contributed by atoms with Crippen LogP contribution in [-0.4, -0.2) is 36.1 Å². The Morgan fingerprint density at radius 1 is 0.839 bits per heavy atom. The summed E-state index contributed by atoms with van der Waals surface area (Å²) >= 11 is 0. The second-order valence-corrected chi connectivity index (χ2v) is 8.13. The fourth-order valence-electron chi connectivity index (χ4n) is 4.42. The average molecular weight is 418 g/mol. The molecular weight excluding hydrogens is 392 g/mol. The number of rotatable bonds is 8. The first kappa shape index (κ1) is 20.2. The summed E-state index contributed by atoms with van der Waals surface area (Å²) in [4.78, 5) is 0. The van der Waals surface area contributed by atoms with Gasteiger partial charge in [-0.05, 0) is 17.2 Å². The van der Waals surface area contributed by atoms with Gasteiger partial charge < -0.3 is 24.1 Å². The van der Waals surface area contributed by atoms with Crippen LogP contribution in [0.25, 0.3) is 0 Å². The van der Waals surface area contributed by atoms with Crippen LogP contribution in [0.3, 0.4) is 0 Å². The minimum absolute atomic E-state index is 0.200. The number of para-hydroxylation sites is 1. The molecule has 0 aliphatic carbocycles. The van der Waals surface area contributed by atoms with Crippen molar-refractivity contribution in [3.8, 4) is 5.75 Å². The molecule has 31 heavy (non-hydrogen) atoms. The van der Waals surface area contributed by atoms with Crippen LogP contribution in [0.5, 0.6) is 5.75 Å². The molecule has 2 aliphatic rings. The van der Waals surface area contributed by atoms with E-state index >= 15 is 0 Å². The summed E-state index contributed by atoms with van der Waals surface area (Å²) in [5.41, 5.74) is 2.19. The first-order chi connectivity index (χ1) is 15.3. The Morgan fingerprint density at radius 2 is 1.48 bits per heavy atom. The van der Waals surface area contributed by atoms with Crippen LogP contribution >= 0.6 is 0 Å². The number of phenolic OH excluding ortho intramolecular Hbond substituents is 1. The Balaban J connectivity index is 1.35. The third kappa shape index (κ3) is 4.10. The van der Waals surface area contributed by atoms with Gasteiger partial charge in [-0.1, -0.05) is 78.9 Å².